The lowest BCUT2D eigenvalue weighted by molar-refractivity contribution is -0.136. The van der Waals surface area contributed by atoms with Gasteiger partial charge in [0, 0.05) is 72.7 Å². The molecule has 0 saturated carbocycles. The fourth-order valence-electron chi connectivity index (χ4n) is 7.29. The van der Waals surface area contributed by atoms with Gasteiger partial charge in [0.05, 0.1) is 22.9 Å². The number of carbonyl (C=O) groups is 6. The Bertz CT molecular complexity index is 2390. The number of amides is 6. The first-order valence-corrected chi connectivity index (χ1v) is 19.5. The minimum absolute atomic E-state index is 0.0476. The number of rotatable bonds is 12. The third-order valence-electron chi connectivity index (χ3n) is 10.5. The molecule has 0 spiro atoms. The molecule has 3 aliphatic rings. The summed E-state index contributed by atoms with van der Waals surface area (Å²) in [6.45, 7) is 2.04. The first-order valence-electron chi connectivity index (χ1n) is 19.5. The van der Waals surface area contributed by atoms with E-state index in [1.54, 1.807) is 54.7 Å². The molecular weight excluding hydrogens is 751 g/mol. The Morgan fingerprint density at radius 1 is 0.864 bits per heavy atom. The van der Waals surface area contributed by atoms with Crippen molar-refractivity contribution in [2.75, 3.05) is 36.4 Å². The van der Waals surface area contributed by atoms with Crippen molar-refractivity contribution >= 4 is 52.8 Å². The summed E-state index contributed by atoms with van der Waals surface area (Å²) < 4.78 is 0. The molecule has 4 heterocycles. The lowest BCUT2D eigenvalue weighted by Crippen LogP contribution is -2.54. The molecule has 59 heavy (non-hydrogen) atoms. The van der Waals surface area contributed by atoms with Gasteiger partial charge in [-0.15, -0.1) is 0 Å². The molecule has 298 valence electrons. The van der Waals surface area contributed by atoms with Crippen LogP contribution in [0.15, 0.2) is 79.0 Å². The first-order chi connectivity index (χ1) is 28.7. The zero-order chi connectivity index (χ0) is 41.3. The summed E-state index contributed by atoms with van der Waals surface area (Å²) in [4.78, 5) is 87.0. The highest BCUT2D eigenvalue weighted by atomic mass is 16.2. The maximum Gasteiger partial charge on any atom is 0.262 e. The van der Waals surface area contributed by atoms with E-state index in [1.165, 1.54) is 0 Å². The van der Waals surface area contributed by atoms with E-state index in [4.69, 9.17) is 5.26 Å². The van der Waals surface area contributed by atoms with Crippen LogP contribution in [0, 0.1) is 29.1 Å². The molecule has 0 bridgehead atoms. The van der Waals surface area contributed by atoms with Crippen LogP contribution in [0.3, 0.4) is 0 Å². The Kier molecular flexibility index (Phi) is 12.3. The van der Waals surface area contributed by atoms with Crippen LogP contribution in [0.1, 0.15) is 81.6 Å². The van der Waals surface area contributed by atoms with E-state index >= 15 is 0 Å². The summed E-state index contributed by atoms with van der Waals surface area (Å²) in [6.07, 6.45) is 5.48. The summed E-state index contributed by atoms with van der Waals surface area (Å²) in [7, 11) is 0. The lowest BCUT2D eigenvalue weighted by Gasteiger charge is -2.33. The van der Waals surface area contributed by atoms with Crippen molar-refractivity contribution in [1.82, 2.24) is 30.8 Å². The summed E-state index contributed by atoms with van der Waals surface area (Å²) in [5.74, 6) is 4.11. The third kappa shape index (κ3) is 9.43. The molecular formula is C44H41N9O6. The van der Waals surface area contributed by atoms with E-state index in [1.807, 2.05) is 30.3 Å². The van der Waals surface area contributed by atoms with E-state index in [0.29, 0.717) is 35.7 Å². The quantitative estimate of drug-likeness (QED) is 0.0696. The summed E-state index contributed by atoms with van der Waals surface area (Å²) in [6, 6.07) is 22.4. The largest absolute Gasteiger partial charge is 0.371 e. The van der Waals surface area contributed by atoms with Crippen molar-refractivity contribution in [2.24, 2.45) is 5.92 Å². The van der Waals surface area contributed by atoms with E-state index in [-0.39, 0.29) is 48.2 Å². The SMILES string of the molecule is N#CCNC(=O)c1ccc(-c2ccnc(Nc3ccc(N4CCC(C(=O)NCCCCC#Cc5ccc6c(c5)C(=O)N(C5CCC(=O)NC5=O)C6=O)CC4)cc3)n2)cc1. The first kappa shape index (κ1) is 39.8. The smallest absolute Gasteiger partial charge is 0.262 e. The Morgan fingerprint density at radius 2 is 1.63 bits per heavy atom. The monoisotopic (exact) mass is 791 g/mol. The number of anilines is 3. The highest BCUT2D eigenvalue weighted by Gasteiger charge is 2.44. The standard InChI is InChI=1S/C44H41N9O6/c45-21-24-47-39(55)30-9-7-29(8-10-30)36-18-23-48-44(50-36)49-32-11-13-33(14-12-32)52-25-19-31(20-26-52)40(56)46-22-4-2-1-3-5-28-6-15-34-35(27-28)43(59)53(42(34)58)37-16-17-38(54)51-41(37)57/h6-15,18,23,27,31,37H,1-2,4,16-17,19-20,22,24-26H2,(H,46,56)(H,47,55)(H,48,49,50)(H,51,54,57). The number of nitriles is 1. The van der Waals surface area contributed by atoms with Crippen LogP contribution in [0.5, 0.6) is 0 Å². The highest BCUT2D eigenvalue weighted by molar-refractivity contribution is 6.23. The predicted octanol–water partition coefficient (Wildman–Crippen LogP) is 4.10. The van der Waals surface area contributed by atoms with Gasteiger partial charge >= 0.3 is 0 Å². The molecule has 0 radical (unpaired) electrons. The summed E-state index contributed by atoms with van der Waals surface area (Å²) in [5, 5.41) is 19.7. The number of unbranched alkanes of at least 4 members (excludes halogenated alkanes) is 2. The van der Waals surface area contributed by atoms with Crippen molar-refractivity contribution < 1.29 is 28.8 Å². The van der Waals surface area contributed by atoms with Crippen LogP contribution in [0.4, 0.5) is 17.3 Å². The van der Waals surface area contributed by atoms with Crippen LogP contribution in [-0.2, 0) is 14.4 Å². The van der Waals surface area contributed by atoms with Gasteiger partial charge in [-0.3, -0.25) is 39.0 Å². The Labute approximate surface area is 340 Å². The average molecular weight is 792 g/mol. The van der Waals surface area contributed by atoms with Gasteiger partial charge < -0.3 is 20.9 Å². The highest BCUT2D eigenvalue weighted by Crippen LogP contribution is 2.29. The van der Waals surface area contributed by atoms with Gasteiger partial charge in [-0.1, -0.05) is 24.0 Å². The van der Waals surface area contributed by atoms with Crippen LogP contribution >= 0.6 is 0 Å². The summed E-state index contributed by atoms with van der Waals surface area (Å²) >= 11 is 0. The Morgan fingerprint density at radius 3 is 2.37 bits per heavy atom. The van der Waals surface area contributed by atoms with Gasteiger partial charge in [-0.25, -0.2) is 9.97 Å². The Balaban J connectivity index is 0.807. The number of benzene rings is 3. The van der Waals surface area contributed by atoms with Crippen LogP contribution in [-0.4, -0.2) is 82.5 Å². The maximum atomic E-state index is 13.1. The molecule has 3 aliphatic heterocycles. The zero-order valence-electron chi connectivity index (χ0n) is 32.1. The molecule has 2 saturated heterocycles. The van der Waals surface area contributed by atoms with Crippen molar-refractivity contribution in [2.45, 2.75) is 51.0 Å². The minimum atomic E-state index is -1.01. The van der Waals surface area contributed by atoms with E-state index < -0.39 is 29.7 Å². The number of hydrogen-bond acceptors (Lipinski definition) is 11. The molecule has 1 unspecified atom stereocenters. The second-order valence-electron chi connectivity index (χ2n) is 14.4. The van der Waals surface area contributed by atoms with Crippen molar-refractivity contribution in [3.05, 3.63) is 101 Å². The third-order valence-corrected chi connectivity index (χ3v) is 10.5. The molecule has 7 rings (SSSR count). The fourth-order valence-corrected chi connectivity index (χ4v) is 7.29. The van der Waals surface area contributed by atoms with Gasteiger partial charge in [0.15, 0.2) is 0 Å². The van der Waals surface area contributed by atoms with Gasteiger partial charge in [-0.05, 0) is 92.8 Å². The predicted molar refractivity (Wildman–Crippen MR) is 217 cm³/mol. The number of imide groups is 2. The molecule has 2 fully saturated rings. The topological polar surface area (TPSA) is 207 Å². The zero-order valence-corrected chi connectivity index (χ0v) is 32.1. The molecule has 4 aromatic rings. The van der Waals surface area contributed by atoms with Crippen molar-refractivity contribution in [3.8, 4) is 29.2 Å². The second kappa shape index (κ2) is 18.3. The van der Waals surface area contributed by atoms with Crippen LogP contribution in [0.2, 0.25) is 0 Å². The van der Waals surface area contributed by atoms with E-state index in [2.05, 4.69) is 48.0 Å². The number of nitrogens with one attached hydrogen (secondary N) is 4. The number of aromatic nitrogens is 2. The average Bonchev–Trinajstić information content (AvgIpc) is 3.50. The van der Waals surface area contributed by atoms with Gasteiger partial charge in [-0.2, -0.15) is 5.26 Å². The molecule has 0 aliphatic carbocycles. The molecule has 1 aromatic heterocycles. The van der Waals surface area contributed by atoms with Crippen LogP contribution < -0.4 is 26.2 Å². The van der Waals surface area contributed by atoms with Crippen molar-refractivity contribution in [1.29, 1.82) is 5.26 Å². The molecule has 3 aromatic carbocycles. The van der Waals surface area contributed by atoms with Crippen LogP contribution in [0.25, 0.3) is 11.3 Å². The Hall–Kier alpha value is -7.39. The van der Waals surface area contributed by atoms with E-state index in [0.717, 1.165) is 60.6 Å². The number of piperidine rings is 2. The number of hydrogen-bond donors (Lipinski definition) is 4. The summed E-state index contributed by atoms with van der Waals surface area (Å²) in [5.41, 5.74) is 4.86. The van der Waals surface area contributed by atoms with Gasteiger partial charge in [0.1, 0.15) is 12.6 Å². The number of nitrogens with zero attached hydrogens (tertiary/aromatic N) is 5. The number of carbonyl (C=O) groups excluding carboxylic acids is 6. The second-order valence-corrected chi connectivity index (χ2v) is 14.4. The minimum Gasteiger partial charge on any atom is -0.371 e. The molecule has 6 amide bonds. The molecule has 15 heteroatoms. The van der Waals surface area contributed by atoms with Gasteiger partial charge in [0.2, 0.25) is 23.7 Å². The fraction of sp³-hybridized carbons (Fsp3) is 0.295. The molecule has 1 atom stereocenters. The van der Waals surface area contributed by atoms with E-state index in [9.17, 15) is 28.8 Å². The molecule has 4 N–H and O–H groups in total. The number of fused-ring (bicyclic) bond motifs is 1. The molecule has 15 nitrogen and oxygen atoms in total. The maximum absolute atomic E-state index is 13.1. The normalized spacial score (nSPS) is 16.4. The lowest BCUT2D eigenvalue weighted by atomic mass is 9.95. The van der Waals surface area contributed by atoms with Crippen molar-refractivity contribution in [3.63, 3.8) is 0 Å². The van der Waals surface area contributed by atoms with Gasteiger partial charge in [0.25, 0.3) is 17.7 Å².